The molecule has 0 bridgehead atoms. The number of amides is 1. The van der Waals surface area contributed by atoms with Crippen molar-refractivity contribution >= 4 is 5.91 Å². The molecule has 1 rings (SSSR count). The van der Waals surface area contributed by atoms with Crippen molar-refractivity contribution in [3.8, 4) is 0 Å². The molecule has 1 aromatic rings. The molecule has 0 heterocycles. The topological polar surface area (TPSA) is 55.1 Å². The first-order valence-corrected chi connectivity index (χ1v) is 4.31. The summed E-state index contributed by atoms with van der Waals surface area (Å²) in [5, 5.41) is 0. The molecule has 0 unspecified atom stereocenters. The van der Waals surface area contributed by atoms with Crippen LogP contribution in [-0.4, -0.2) is 5.91 Å². The standard InChI is InChI=1S/C8H10N2O.C2H6/c1-6-3-2-4-7(5-6)8(11)10-9;1-2/h2-5H,9H2,1H3,(H,10,11);1-2H3. The van der Waals surface area contributed by atoms with Crippen molar-refractivity contribution in [2.24, 2.45) is 5.84 Å². The van der Waals surface area contributed by atoms with Crippen LogP contribution in [0.2, 0.25) is 0 Å². The predicted molar refractivity (Wildman–Crippen MR) is 54.2 cm³/mol. The van der Waals surface area contributed by atoms with Crippen molar-refractivity contribution in [2.75, 3.05) is 0 Å². The van der Waals surface area contributed by atoms with Gasteiger partial charge in [-0.25, -0.2) is 5.84 Å². The summed E-state index contributed by atoms with van der Waals surface area (Å²) in [6.07, 6.45) is 0. The summed E-state index contributed by atoms with van der Waals surface area (Å²) in [7, 11) is 0. The lowest BCUT2D eigenvalue weighted by atomic mass is 10.1. The smallest absolute Gasteiger partial charge is 0.265 e. The second-order valence-electron chi connectivity index (χ2n) is 2.34. The van der Waals surface area contributed by atoms with Crippen molar-refractivity contribution in [1.82, 2.24) is 5.43 Å². The molecule has 0 saturated carbocycles. The summed E-state index contributed by atoms with van der Waals surface area (Å²) >= 11 is 0. The van der Waals surface area contributed by atoms with Crippen LogP contribution < -0.4 is 11.3 Å². The highest BCUT2D eigenvalue weighted by molar-refractivity contribution is 5.93. The first-order valence-electron chi connectivity index (χ1n) is 4.31. The van der Waals surface area contributed by atoms with Crippen LogP contribution >= 0.6 is 0 Å². The van der Waals surface area contributed by atoms with E-state index in [1.54, 1.807) is 12.1 Å². The van der Waals surface area contributed by atoms with Crippen LogP contribution in [0.3, 0.4) is 0 Å². The van der Waals surface area contributed by atoms with Crippen molar-refractivity contribution in [3.05, 3.63) is 35.4 Å². The Hall–Kier alpha value is -1.35. The zero-order valence-electron chi connectivity index (χ0n) is 8.29. The van der Waals surface area contributed by atoms with Crippen molar-refractivity contribution in [1.29, 1.82) is 0 Å². The number of carbonyl (C=O) groups is 1. The molecule has 1 amide bonds. The minimum absolute atomic E-state index is 0.256. The van der Waals surface area contributed by atoms with Gasteiger partial charge in [0.15, 0.2) is 0 Å². The molecule has 0 aliphatic heterocycles. The molecular weight excluding hydrogens is 164 g/mol. The Balaban J connectivity index is 0.000000671. The SMILES string of the molecule is CC.Cc1cccc(C(=O)NN)c1. The first-order chi connectivity index (χ1) is 6.24. The number of hydrazine groups is 1. The van der Waals surface area contributed by atoms with E-state index in [2.05, 4.69) is 5.43 Å². The van der Waals surface area contributed by atoms with Gasteiger partial charge in [0, 0.05) is 5.56 Å². The summed E-state index contributed by atoms with van der Waals surface area (Å²) in [6, 6.07) is 7.24. The van der Waals surface area contributed by atoms with Crippen LogP contribution in [0, 0.1) is 6.92 Å². The predicted octanol–water partition coefficient (Wildman–Crippen LogP) is 1.62. The molecule has 3 heteroatoms. The highest BCUT2D eigenvalue weighted by Gasteiger charge is 2.00. The summed E-state index contributed by atoms with van der Waals surface area (Å²) in [4.78, 5) is 10.9. The maximum Gasteiger partial charge on any atom is 0.265 e. The van der Waals surface area contributed by atoms with E-state index < -0.39 is 0 Å². The highest BCUT2D eigenvalue weighted by atomic mass is 16.2. The molecule has 1 aromatic carbocycles. The van der Waals surface area contributed by atoms with Crippen molar-refractivity contribution < 1.29 is 4.79 Å². The number of nitrogen functional groups attached to an aromatic ring is 1. The van der Waals surface area contributed by atoms with E-state index in [0.717, 1.165) is 5.56 Å². The lowest BCUT2D eigenvalue weighted by Crippen LogP contribution is -2.29. The van der Waals surface area contributed by atoms with Crippen LogP contribution in [0.4, 0.5) is 0 Å². The lowest BCUT2D eigenvalue weighted by molar-refractivity contribution is 0.0953. The fourth-order valence-corrected chi connectivity index (χ4v) is 0.870. The number of nitrogens with two attached hydrogens (primary N) is 1. The van der Waals surface area contributed by atoms with E-state index in [1.165, 1.54) is 0 Å². The molecule has 13 heavy (non-hydrogen) atoms. The fraction of sp³-hybridized carbons (Fsp3) is 0.300. The molecule has 0 aromatic heterocycles. The van der Waals surface area contributed by atoms with E-state index in [4.69, 9.17) is 5.84 Å². The van der Waals surface area contributed by atoms with Crippen LogP contribution in [0.15, 0.2) is 24.3 Å². The molecule has 3 nitrogen and oxygen atoms in total. The monoisotopic (exact) mass is 180 g/mol. The maximum atomic E-state index is 10.9. The third-order valence-corrected chi connectivity index (χ3v) is 1.41. The van der Waals surface area contributed by atoms with Gasteiger partial charge in [-0.1, -0.05) is 31.5 Å². The summed E-state index contributed by atoms with van der Waals surface area (Å²) in [5.41, 5.74) is 3.71. The van der Waals surface area contributed by atoms with E-state index >= 15 is 0 Å². The second-order valence-corrected chi connectivity index (χ2v) is 2.34. The molecule has 0 atom stereocenters. The Morgan fingerprint density at radius 2 is 2.00 bits per heavy atom. The number of aryl methyl sites for hydroxylation is 1. The minimum atomic E-state index is -0.256. The van der Waals surface area contributed by atoms with Crippen LogP contribution in [0.25, 0.3) is 0 Å². The zero-order chi connectivity index (χ0) is 10.3. The van der Waals surface area contributed by atoms with Gasteiger partial charge in [0.2, 0.25) is 0 Å². The third kappa shape index (κ3) is 3.71. The van der Waals surface area contributed by atoms with Gasteiger partial charge in [-0.15, -0.1) is 0 Å². The molecular formula is C10H16N2O. The number of rotatable bonds is 1. The summed E-state index contributed by atoms with van der Waals surface area (Å²) < 4.78 is 0. The van der Waals surface area contributed by atoms with Gasteiger partial charge in [0.05, 0.1) is 0 Å². The Morgan fingerprint density at radius 3 is 2.46 bits per heavy atom. The van der Waals surface area contributed by atoms with Gasteiger partial charge < -0.3 is 0 Å². The molecule has 0 fully saturated rings. The molecule has 0 aliphatic rings. The van der Waals surface area contributed by atoms with E-state index in [1.807, 2.05) is 32.9 Å². The normalized spacial score (nSPS) is 8.31. The molecule has 0 saturated heterocycles. The number of hydrogen-bond donors (Lipinski definition) is 2. The molecule has 0 spiro atoms. The number of nitrogens with one attached hydrogen (secondary N) is 1. The summed E-state index contributed by atoms with van der Waals surface area (Å²) in [6.45, 7) is 5.92. The Bertz CT molecular complexity index is 271. The number of benzene rings is 1. The molecule has 0 aliphatic carbocycles. The summed E-state index contributed by atoms with van der Waals surface area (Å²) in [5.74, 6) is 4.70. The number of carbonyl (C=O) groups excluding carboxylic acids is 1. The van der Waals surface area contributed by atoms with Crippen LogP contribution in [0.5, 0.6) is 0 Å². The molecule has 72 valence electrons. The maximum absolute atomic E-state index is 10.9. The van der Waals surface area contributed by atoms with Crippen molar-refractivity contribution in [3.63, 3.8) is 0 Å². The molecule has 0 radical (unpaired) electrons. The highest BCUT2D eigenvalue weighted by Crippen LogP contribution is 2.02. The quantitative estimate of drug-likeness (QED) is 0.392. The van der Waals surface area contributed by atoms with Crippen LogP contribution in [-0.2, 0) is 0 Å². The zero-order valence-corrected chi connectivity index (χ0v) is 8.29. The number of hydrogen-bond acceptors (Lipinski definition) is 2. The first kappa shape index (κ1) is 11.6. The van der Waals surface area contributed by atoms with Gasteiger partial charge in [-0.3, -0.25) is 10.2 Å². The van der Waals surface area contributed by atoms with Gasteiger partial charge in [-0.2, -0.15) is 0 Å². The minimum Gasteiger partial charge on any atom is -0.290 e. The lowest BCUT2D eigenvalue weighted by Gasteiger charge is -1.98. The average molecular weight is 180 g/mol. The van der Waals surface area contributed by atoms with Gasteiger partial charge in [0.1, 0.15) is 0 Å². The van der Waals surface area contributed by atoms with Crippen LogP contribution in [0.1, 0.15) is 29.8 Å². The molecule has 3 N–H and O–H groups in total. The fourth-order valence-electron chi connectivity index (χ4n) is 0.870. The Kier molecular flexibility index (Phi) is 5.55. The van der Waals surface area contributed by atoms with E-state index in [9.17, 15) is 4.79 Å². The van der Waals surface area contributed by atoms with Gasteiger partial charge in [-0.05, 0) is 19.1 Å². The van der Waals surface area contributed by atoms with Crippen molar-refractivity contribution in [2.45, 2.75) is 20.8 Å². The Labute approximate surface area is 78.9 Å². The largest absolute Gasteiger partial charge is 0.290 e. The average Bonchev–Trinajstić information content (AvgIpc) is 2.20. The third-order valence-electron chi connectivity index (χ3n) is 1.41. The Morgan fingerprint density at radius 1 is 1.38 bits per heavy atom. The van der Waals surface area contributed by atoms with Gasteiger partial charge in [0.25, 0.3) is 5.91 Å². The van der Waals surface area contributed by atoms with Gasteiger partial charge >= 0.3 is 0 Å². The van der Waals surface area contributed by atoms with E-state index in [0.29, 0.717) is 5.56 Å². The van der Waals surface area contributed by atoms with E-state index in [-0.39, 0.29) is 5.91 Å². The second kappa shape index (κ2) is 6.20.